The number of nitrogens with one attached hydrogen (secondary N) is 1. The summed E-state index contributed by atoms with van der Waals surface area (Å²) in [5, 5.41) is 3.42. The first kappa shape index (κ1) is 17.5. The molecule has 0 aliphatic carbocycles. The van der Waals surface area contributed by atoms with Crippen LogP contribution in [0.2, 0.25) is 15.1 Å². The topological polar surface area (TPSA) is 73.6 Å². The van der Waals surface area contributed by atoms with Gasteiger partial charge in [-0.05, 0) is 18.2 Å². The lowest BCUT2D eigenvalue weighted by Crippen LogP contribution is -2.14. The zero-order valence-electron chi connectivity index (χ0n) is 12.2. The molecule has 0 unspecified atom stereocenters. The molecule has 8 heteroatoms. The summed E-state index contributed by atoms with van der Waals surface area (Å²) in [6.45, 7) is 0. The van der Waals surface area contributed by atoms with Gasteiger partial charge < -0.3 is 20.5 Å². The fourth-order valence-corrected chi connectivity index (χ4v) is 2.84. The lowest BCUT2D eigenvalue weighted by molar-refractivity contribution is 0.102. The first-order valence-corrected chi connectivity index (χ1v) is 7.48. The molecule has 1 amide bonds. The van der Waals surface area contributed by atoms with Crippen LogP contribution in [0.5, 0.6) is 11.5 Å². The number of halogens is 3. The van der Waals surface area contributed by atoms with E-state index in [1.165, 1.54) is 32.4 Å². The summed E-state index contributed by atoms with van der Waals surface area (Å²) in [5.74, 6) is 0.0331. The molecule has 0 saturated carbocycles. The average Bonchev–Trinajstić information content (AvgIpc) is 2.48. The summed E-state index contributed by atoms with van der Waals surface area (Å²) < 4.78 is 10.3. The molecule has 0 aliphatic heterocycles. The molecule has 0 bridgehead atoms. The second-order valence-electron chi connectivity index (χ2n) is 4.50. The zero-order chi connectivity index (χ0) is 17.1. The molecule has 5 nitrogen and oxygen atoms in total. The Morgan fingerprint density at radius 1 is 1.04 bits per heavy atom. The number of ether oxygens (including phenoxy) is 2. The number of hydrogen-bond acceptors (Lipinski definition) is 4. The minimum absolute atomic E-state index is 0.167. The summed E-state index contributed by atoms with van der Waals surface area (Å²) in [5.41, 5.74) is 6.56. The van der Waals surface area contributed by atoms with Crippen molar-refractivity contribution in [1.29, 1.82) is 0 Å². The van der Waals surface area contributed by atoms with Crippen LogP contribution < -0.4 is 20.5 Å². The molecule has 0 fully saturated rings. The quantitative estimate of drug-likeness (QED) is 0.772. The highest BCUT2D eigenvalue weighted by molar-refractivity contribution is 6.37. The summed E-state index contributed by atoms with van der Waals surface area (Å²) in [6, 6.07) is 5.97. The third-order valence-corrected chi connectivity index (χ3v) is 3.79. The van der Waals surface area contributed by atoms with Gasteiger partial charge in [0.2, 0.25) is 0 Å². The highest BCUT2D eigenvalue weighted by Crippen LogP contribution is 2.37. The van der Waals surface area contributed by atoms with Gasteiger partial charge in [0.1, 0.15) is 17.2 Å². The van der Waals surface area contributed by atoms with Crippen LogP contribution in [0, 0.1) is 0 Å². The second-order valence-corrected chi connectivity index (χ2v) is 5.75. The van der Waals surface area contributed by atoms with E-state index in [2.05, 4.69) is 5.32 Å². The Hall–Kier alpha value is -1.82. The van der Waals surface area contributed by atoms with Gasteiger partial charge in [0.05, 0.1) is 29.8 Å². The van der Waals surface area contributed by atoms with Crippen LogP contribution in [0.3, 0.4) is 0 Å². The van der Waals surface area contributed by atoms with E-state index >= 15 is 0 Å². The maximum absolute atomic E-state index is 12.5. The Morgan fingerprint density at radius 2 is 1.74 bits per heavy atom. The number of nitrogens with two attached hydrogens (primary N) is 1. The van der Waals surface area contributed by atoms with Crippen molar-refractivity contribution in [2.75, 3.05) is 25.3 Å². The van der Waals surface area contributed by atoms with E-state index < -0.39 is 5.91 Å². The predicted octanol–water partition coefficient (Wildman–Crippen LogP) is 4.50. The Kier molecular flexibility index (Phi) is 5.46. The third-order valence-electron chi connectivity index (χ3n) is 2.99. The Labute approximate surface area is 148 Å². The zero-order valence-corrected chi connectivity index (χ0v) is 14.5. The molecular formula is C15H13Cl3N2O3. The van der Waals surface area contributed by atoms with Crippen molar-refractivity contribution in [3.8, 4) is 11.5 Å². The standard InChI is InChI=1S/C15H13Cl3N2O3/c1-22-12-6-8(19)5-10(17)13(12)20-15(21)9-3-7(16)4-11(18)14(9)23-2/h3-6H,19H2,1-2H3,(H,20,21). The van der Waals surface area contributed by atoms with Crippen LogP contribution in [0.4, 0.5) is 11.4 Å². The summed E-state index contributed by atoms with van der Waals surface area (Å²) >= 11 is 18.1. The summed E-state index contributed by atoms with van der Waals surface area (Å²) in [7, 11) is 2.85. The summed E-state index contributed by atoms with van der Waals surface area (Å²) in [6.07, 6.45) is 0. The fourth-order valence-electron chi connectivity index (χ4n) is 2.00. The largest absolute Gasteiger partial charge is 0.494 e. The molecule has 0 aliphatic rings. The first-order chi connectivity index (χ1) is 10.9. The smallest absolute Gasteiger partial charge is 0.259 e. The van der Waals surface area contributed by atoms with Gasteiger partial charge in [-0.3, -0.25) is 4.79 Å². The van der Waals surface area contributed by atoms with Crippen molar-refractivity contribution in [1.82, 2.24) is 0 Å². The van der Waals surface area contributed by atoms with Crippen molar-refractivity contribution in [2.24, 2.45) is 0 Å². The number of carbonyl (C=O) groups excluding carboxylic acids is 1. The molecule has 3 N–H and O–H groups in total. The van der Waals surface area contributed by atoms with E-state index in [0.717, 1.165) is 0 Å². The first-order valence-electron chi connectivity index (χ1n) is 6.34. The minimum atomic E-state index is -0.503. The molecule has 2 aromatic rings. The molecule has 122 valence electrons. The summed E-state index contributed by atoms with van der Waals surface area (Å²) in [4.78, 5) is 12.5. The van der Waals surface area contributed by atoms with E-state index in [-0.39, 0.29) is 27.0 Å². The van der Waals surface area contributed by atoms with E-state index in [4.69, 9.17) is 50.0 Å². The van der Waals surface area contributed by atoms with Crippen LogP contribution in [0.25, 0.3) is 0 Å². The molecule has 0 heterocycles. The molecule has 0 aromatic heterocycles. The molecule has 0 saturated heterocycles. The number of carbonyl (C=O) groups is 1. The number of methoxy groups -OCH3 is 2. The monoisotopic (exact) mass is 374 g/mol. The van der Waals surface area contributed by atoms with Gasteiger partial charge in [0.15, 0.2) is 0 Å². The highest BCUT2D eigenvalue weighted by atomic mass is 35.5. The highest BCUT2D eigenvalue weighted by Gasteiger charge is 2.20. The maximum atomic E-state index is 12.5. The Morgan fingerprint density at radius 3 is 2.35 bits per heavy atom. The molecule has 23 heavy (non-hydrogen) atoms. The molecule has 0 atom stereocenters. The van der Waals surface area contributed by atoms with Crippen LogP contribution in [0.15, 0.2) is 24.3 Å². The second kappa shape index (κ2) is 7.17. The van der Waals surface area contributed by atoms with E-state index in [0.29, 0.717) is 16.5 Å². The van der Waals surface area contributed by atoms with Gasteiger partial charge in [0.25, 0.3) is 5.91 Å². The normalized spacial score (nSPS) is 10.3. The van der Waals surface area contributed by atoms with Gasteiger partial charge in [0, 0.05) is 16.8 Å². The van der Waals surface area contributed by atoms with Gasteiger partial charge in [-0.25, -0.2) is 0 Å². The molecule has 0 radical (unpaired) electrons. The SMILES string of the molecule is COc1cc(N)cc(Cl)c1NC(=O)c1cc(Cl)cc(Cl)c1OC. The van der Waals surface area contributed by atoms with Crippen molar-refractivity contribution in [3.05, 3.63) is 44.9 Å². The molecule has 2 aromatic carbocycles. The average molecular weight is 376 g/mol. The third kappa shape index (κ3) is 3.75. The van der Waals surface area contributed by atoms with Crippen molar-refractivity contribution in [2.45, 2.75) is 0 Å². The van der Waals surface area contributed by atoms with Crippen LogP contribution >= 0.6 is 34.8 Å². The maximum Gasteiger partial charge on any atom is 0.259 e. The van der Waals surface area contributed by atoms with Crippen LogP contribution in [0.1, 0.15) is 10.4 Å². The van der Waals surface area contributed by atoms with E-state index in [1.807, 2.05) is 0 Å². The van der Waals surface area contributed by atoms with Gasteiger partial charge in [-0.2, -0.15) is 0 Å². The van der Waals surface area contributed by atoms with Crippen molar-refractivity contribution < 1.29 is 14.3 Å². The molecular weight excluding hydrogens is 363 g/mol. The number of hydrogen-bond donors (Lipinski definition) is 2. The minimum Gasteiger partial charge on any atom is -0.494 e. The Bertz CT molecular complexity index is 766. The molecule has 0 spiro atoms. The van der Waals surface area contributed by atoms with Gasteiger partial charge >= 0.3 is 0 Å². The number of benzene rings is 2. The fraction of sp³-hybridized carbons (Fsp3) is 0.133. The van der Waals surface area contributed by atoms with Gasteiger partial charge in [-0.1, -0.05) is 34.8 Å². The number of nitrogen functional groups attached to an aromatic ring is 1. The van der Waals surface area contributed by atoms with E-state index in [9.17, 15) is 4.79 Å². The predicted molar refractivity (Wildman–Crippen MR) is 93.4 cm³/mol. The lowest BCUT2D eigenvalue weighted by Gasteiger charge is -2.15. The molecule has 2 rings (SSSR count). The van der Waals surface area contributed by atoms with Crippen molar-refractivity contribution in [3.63, 3.8) is 0 Å². The lowest BCUT2D eigenvalue weighted by atomic mass is 10.1. The van der Waals surface area contributed by atoms with E-state index in [1.54, 1.807) is 6.07 Å². The number of amides is 1. The van der Waals surface area contributed by atoms with Gasteiger partial charge in [-0.15, -0.1) is 0 Å². The van der Waals surface area contributed by atoms with Crippen LogP contribution in [-0.2, 0) is 0 Å². The number of anilines is 2. The van der Waals surface area contributed by atoms with Crippen LogP contribution in [-0.4, -0.2) is 20.1 Å². The van der Waals surface area contributed by atoms with Crippen molar-refractivity contribution >= 4 is 52.1 Å². The Balaban J connectivity index is 2.45. The number of rotatable bonds is 4.